The van der Waals surface area contributed by atoms with Crippen molar-refractivity contribution in [1.82, 2.24) is 4.98 Å². The lowest BCUT2D eigenvalue weighted by Crippen LogP contribution is -2.13. The Bertz CT molecular complexity index is 564. The Kier molecular flexibility index (Phi) is 4.36. The van der Waals surface area contributed by atoms with Gasteiger partial charge in [0.1, 0.15) is 5.82 Å². The lowest BCUT2D eigenvalue weighted by molar-refractivity contribution is 0.102. The van der Waals surface area contributed by atoms with Crippen LogP contribution in [0.2, 0.25) is 0 Å². The SMILES string of the molecule is CN(C)c1ccc(C(=O)Nc2ccc(I)cn2)cc1. The molecule has 0 saturated heterocycles. The molecule has 1 aromatic carbocycles. The Hall–Kier alpha value is -1.63. The summed E-state index contributed by atoms with van der Waals surface area (Å²) in [5.74, 6) is 0.404. The molecule has 0 spiro atoms. The average Bonchev–Trinajstić information content (AvgIpc) is 2.41. The highest BCUT2D eigenvalue weighted by atomic mass is 127. The van der Waals surface area contributed by atoms with E-state index in [1.54, 1.807) is 24.4 Å². The molecule has 1 N–H and O–H groups in total. The van der Waals surface area contributed by atoms with E-state index in [-0.39, 0.29) is 5.91 Å². The van der Waals surface area contributed by atoms with Gasteiger partial charge >= 0.3 is 0 Å². The van der Waals surface area contributed by atoms with Gasteiger partial charge in [-0.2, -0.15) is 0 Å². The van der Waals surface area contributed by atoms with Crippen LogP contribution < -0.4 is 10.2 Å². The number of amides is 1. The molecule has 0 aliphatic carbocycles. The Labute approximate surface area is 126 Å². The first-order valence-electron chi connectivity index (χ1n) is 5.76. The van der Waals surface area contributed by atoms with Gasteiger partial charge in [0.05, 0.1) is 0 Å². The van der Waals surface area contributed by atoms with Gasteiger partial charge in [-0.1, -0.05) is 0 Å². The molecule has 98 valence electrons. The number of halogens is 1. The minimum Gasteiger partial charge on any atom is -0.378 e. The molecule has 0 atom stereocenters. The number of hydrogen-bond donors (Lipinski definition) is 1. The predicted molar refractivity (Wildman–Crippen MR) is 85.7 cm³/mol. The first-order chi connectivity index (χ1) is 9.06. The van der Waals surface area contributed by atoms with E-state index in [4.69, 9.17) is 0 Å². The van der Waals surface area contributed by atoms with E-state index < -0.39 is 0 Å². The largest absolute Gasteiger partial charge is 0.378 e. The molecule has 0 radical (unpaired) electrons. The predicted octanol–water partition coefficient (Wildman–Crippen LogP) is 3.00. The average molecular weight is 367 g/mol. The summed E-state index contributed by atoms with van der Waals surface area (Å²) >= 11 is 2.17. The molecule has 1 amide bonds. The Morgan fingerprint density at radius 2 is 1.84 bits per heavy atom. The smallest absolute Gasteiger partial charge is 0.256 e. The van der Waals surface area contributed by atoms with Crippen molar-refractivity contribution in [3.8, 4) is 0 Å². The summed E-state index contributed by atoms with van der Waals surface area (Å²) in [7, 11) is 3.93. The molecule has 1 heterocycles. The maximum Gasteiger partial charge on any atom is 0.256 e. The summed E-state index contributed by atoms with van der Waals surface area (Å²) in [6.07, 6.45) is 1.71. The van der Waals surface area contributed by atoms with E-state index in [1.165, 1.54) is 0 Å². The van der Waals surface area contributed by atoms with Crippen molar-refractivity contribution >= 4 is 40.0 Å². The molecule has 5 heteroatoms. The van der Waals surface area contributed by atoms with E-state index >= 15 is 0 Å². The van der Waals surface area contributed by atoms with E-state index in [0.29, 0.717) is 11.4 Å². The summed E-state index contributed by atoms with van der Waals surface area (Å²) in [5, 5.41) is 2.77. The normalized spacial score (nSPS) is 10.1. The van der Waals surface area contributed by atoms with Crippen molar-refractivity contribution in [2.45, 2.75) is 0 Å². The number of nitrogens with zero attached hydrogens (tertiary/aromatic N) is 2. The highest BCUT2D eigenvalue weighted by Gasteiger charge is 2.07. The van der Waals surface area contributed by atoms with Crippen LogP contribution in [0.4, 0.5) is 11.5 Å². The number of carbonyl (C=O) groups excluding carboxylic acids is 1. The molecule has 0 fully saturated rings. The lowest BCUT2D eigenvalue weighted by atomic mass is 10.2. The molecule has 2 rings (SSSR count). The summed E-state index contributed by atoms with van der Waals surface area (Å²) in [6.45, 7) is 0. The second-order valence-corrected chi connectivity index (χ2v) is 5.50. The molecule has 2 aromatic rings. The molecule has 0 unspecified atom stereocenters. The van der Waals surface area contributed by atoms with Crippen molar-refractivity contribution in [2.75, 3.05) is 24.3 Å². The second-order valence-electron chi connectivity index (χ2n) is 4.26. The Morgan fingerprint density at radius 3 is 2.37 bits per heavy atom. The molecule has 0 bridgehead atoms. The molecule has 4 nitrogen and oxygen atoms in total. The highest BCUT2D eigenvalue weighted by Crippen LogP contribution is 2.14. The number of anilines is 2. The van der Waals surface area contributed by atoms with Crippen LogP contribution in [0.3, 0.4) is 0 Å². The van der Waals surface area contributed by atoms with E-state index in [9.17, 15) is 4.79 Å². The number of hydrogen-bond acceptors (Lipinski definition) is 3. The zero-order chi connectivity index (χ0) is 13.8. The monoisotopic (exact) mass is 367 g/mol. The van der Waals surface area contributed by atoms with Crippen LogP contribution in [0.15, 0.2) is 42.6 Å². The molecule has 1 aromatic heterocycles. The van der Waals surface area contributed by atoms with Gasteiger partial charge in [0.15, 0.2) is 0 Å². The number of nitrogens with one attached hydrogen (secondary N) is 1. The molecule has 0 aliphatic heterocycles. The van der Waals surface area contributed by atoms with Crippen molar-refractivity contribution < 1.29 is 4.79 Å². The van der Waals surface area contributed by atoms with Crippen molar-refractivity contribution in [2.24, 2.45) is 0 Å². The van der Waals surface area contributed by atoms with Gasteiger partial charge in [0.25, 0.3) is 5.91 Å². The zero-order valence-electron chi connectivity index (χ0n) is 10.7. The number of pyridine rings is 1. The van der Waals surface area contributed by atoms with Crippen molar-refractivity contribution in [1.29, 1.82) is 0 Å². The van der Waals surface area contributed by atoms with Gasteiger partial charge in [0.2, 0.25) is 0 Å². The van der Waals surface area contributed by atoms with Gasteiger partial charge in [-0.05, 0) is 59.0 Å². The van der Waals surface area contributed by atoms with Gasteiger partial charge in [-0.25, -0.2) is 4.98 Å². The fourth-order valence-electron chi connectivity index (χ4n) is 1.55. The van der Waals surface area contributed by atoms with Crippen molar-refractivity contribution in [3.05, 3.63) is 51.7 Å². The summed E-state index contributed by atoms with van der Waals surface area (Å²) in [6, 6.07) is 11.1. The number of carbonyl (C=O) groups is 1. The quantitative estimate of drug-likeness (QED) is 0.849. The summed E-state index contributed by atoms with van der Waals surface area (Å²) in [5.41, 5.74) is 1.68. The van der Waals surface area contributed by atoms with Crippen LogP contribution in [-0.2, 0) is 0 Å². The number of rotatable bonds is 3. The Morgan fingerprint density at radius 1 is 1.16 bits per heavy atom. The molecular weight excluding hydrogens is 353 g/mol. The number of benzene rings is 1. The maximum atomic E-state index is 12.0. The molecule has 19 heavy (non-hydrogen) atoms. The van der Waals surface area contributed by atoms with Gasteiger partial charge in [-0.3, -0.25) is 4.79 Å². The van der Waals surface area contributed by atoms with Crippen LogP contribution in [0.25, 0.3) is 0 Å². The fourth-order valence-corrected chi connectivity index (χ4v) is 1.87. The van der Waals surface area contributed by atoms with Crippen molar-refractivity contribution in [3.63, 3.8) is 0 Å². The second kappa shape index (κ2) is 6.01. The number of aromatic nitrogens is 1. The van der Waals surface area contributed by atoms with Crippen LogP contribution in [0, 0.1) is 3.57 Å². The minimum atomic E-state index is -0.154. The van der Waals surface area contributed by atoms with E-state index in [1.807, 2.05) is 37.2 Å². The summed E-state index contributed by atoms with van der Waals surface area (Å²) < 4.78 is 1.03. The topological polar surface area (TPSA) is 45.2 Å². The highest BCUT2D eigenvalue weighted by molar-refractivity contribution is 14.1. The first-order valence-corrected chi connectivity index (χ1v) is 6.84. The van der Waals surface area contributed by atoms with E-state index in [2.05, 4.69) is 32.9 Å². The third-order valence-corrected chi connectivity index (χ3v) is 3.25. The van der Waals surface area contributed by atoms with Crippen LogP contribution in [0.1, 0.15) is 10.4 Å². The van der Waals surface area contributed by atoms with E-state index in [0.717, 1.165) is 9.26 Å². The molecule has 0 saturated carbocycles. The van der Waals surface area contributed by atoms with Crippen LogP contribution in [0.5, 0.6) is 0 Å². The van der Waals surface area contributed by atoms with Gasteiger partial charge in [0, 0.05) is 35.1 Å². The molecule has 0 aliphatic rings. The Balaban J connectivity index is 2.09. The zero-order valence-corrected chi connectivity index (χ0v) is 12.9. The molecular formula is C14H14IN3O. The lowest BCUT2D eigenvalue weighted by Gasteiger charge is -2.12. The fraction of sp³-hybridized carbons (Fsp3) is 0.143. The van der Waals surface area contributed by atoms with Gasteiger partial charge in [-0.15, -0.1) is 0 Å². The third kappa shape index (κ3) is 3.66. The standard InChI is InChI=1S/C14H14IN3O/c1-18(2)12-6-3-10(4-7-12)14(19)17-13-8-5-11(15)9-16-13/h3-9H,1-2H3,(H,16,17,19). The van der Waals surface area contributed by atoms with Crippen LogP contribution >= 0.6 is 22.6 Å². The first kappa shape index (κ1) is 13.8. The van der Waals surface area contributed by atoms with Gasteiger partial charge < -0.3 is 10.2 Å². The minimum absolute atomic E-state index is 0.154. The maximum absolute atomic E-state index is 12.0. The van der Waals surface area contributed by atoms with Crippen LogP contribution in [-0.4, -0.2) is 25.0 Å². The third-order valence-electron chi connectivity index (χ3n) is 2.61. The summed E-state index contributed by atoms with van der Waals surface area (Å²) in [4.78, 5) is 18.1.